The molecule has 0 spiro atoms. The van der Waals surface area contributed by atoms with E-state index in [1.165, 1.54) is 25.8 Å². The maximum Gasteiger partial charge on any atom is 0.230 e. The Balaban J connectivity index is 1.52. The van der Waals surface area contributed by atoms with Crippen LogP contribution in [-0.4, -0.2) is 36.5 Å². The van der Waals surface area contributed by atoms with Crippen molar-refractivity contribution in [3.8, 4) is 0 Å². The fourth-order valence-electron chi connectivity index (χ4n) is 3.51. The number of rotatable bonds is 5. The van der Waals surface area contributed by atoms with Crippen molar-refractivity contribution in [2.24, 2.45) is 0 Å². The fraction of sp³-hybridized carbons (Fsp3) is 0.611. The molecule has 0 bridgehead atoms. The zero-order valence-electron chi connectivity index (χ0n) is 13.3. The molecule has 1 amide bonds. The van der Waals surface area contributed by atoms with Crippen LogP contribution in [0.2, 0.25) is 5.02 Å². The van der Waals surface area contributed by atoms with Crippen molar-refractivity contribution in [3.63, 3.8) is 0 Å². The van der Waals surface area contributed by atoms with E-state index in [0.29, 0.717) is 6.04 Å². The van der Waals surface area contributed by atoms with E-state index in [9.17, 15) is 4.79 Å². The van der Waals surface area contributed by atoms with E-state index in [1.54, 1.807) is 0 Å². The molecule has 3 nitrogen and oxygen atoms in total. The minimum absolute atomic E-state index is 0.180. The number of hydrogen-bond donors (Lipinski definition) is 1. The summed E-state index contributed by atoms with van der Waals surface area (Å²) in [5.74, 6) is 0.180. The lowest BCUT2D eigenvalue weighted by Crippen LogP contribution is -2.44. The van der Waals surface area contributed by atoms with Gasteiger partial charge >= 0.3 is 0 Å². The van der Waals surface area contributed by atoms with E-state index in [4.69, 9.17) is 11.6 Å². The summed E-state index contributed by atoms with van der Waals surface area (Å²) < 4.78 is 0. The van der Waals surface area contributed by atoms with Crippen LogP contribution in [0.3, 0.4) is 0 Å². The smallest absolute Gasteiger partial charge is 0.230 e. The highest BCUT2D eigenvalue weighted by Crippen LogP contribution is 2.48. The van der Waals surface area contributed by atoms with E-state index in [-0.39, 0.29) is 11.3 Å². The monoisotopic (exact) mass is 320 g/mol. The first kappa shape index (κ1) is 15.8. The average molecular weight is 321 g/mol. The number of nitrogens with zero attached hydrogens (tertiary/aromatic N) is 1. The van der Waals surface area contributed by atoms with E-state index >= 15 is 0 Å². The second-order valence-corrected chi connectivity index (χ2v) is 7.16. The van der Waals surface area contributed by atoms with Gasteiger partial charge in [-0.25, -0.2) is 0 Å². The molecule has 1 aliphatic carbocycles. The van der Waals surface area contributed by atoms with Gasteiger partial charge in [-0.3, -0.25) is 9.69 Å². The van der Waals surface area contributed by atoms with E-state index in [1.807, 2.05) is 24.3 Å². The van der Waals surface area contributed by atoms with Crippen LogP contribution < -0.4 is 5.32 Å². The Bertz CT molecular complexity index is 524. The highest BCUT2D eigenvalue weighted by atomic mass is 35.5. The average Bonchev–Trinajstić information content (AvgIpc) is 3.31. The van der Waals surface area contributed by atoms with Crippen LogP contribution in [0.1, 0.15) is 44.6 Å². The Kier molecular flexibility index (Phi) is 4.74. The number of halogens is 1. The van der Waals surface area contributed by atoms with Crippen molar-refractivity contribution in [1.82, 2.24) is 10.2 Å². The molecule has 2 aliphatic rings. The molecular formula is C18H25ClN2O. The van der Waals surface area contributed by atoms with Gasteiger partial charge in [0, 0.05) is 24.2 Å². The minimum atomic E-state index is -0.294. The summed E-state index contributed by atoms with van der Waals surface area (Å²) in [6.45, 7) is 5.17. The zero-order valence-corrected chi connectivity index (χ0v) is 14.0. The third-order valence-corrected chi connectivity index (χ3v) is 5.46. The first-order valence-electron chi connectivity index (χ1n) is 8.40. The lowest BCUT2D eigenvalue weighted by Gasteiger charge is -2.33. The third-order valence-electron chi connectivity index (χ3n) is 5.21. The number of amides is 1. The van der Waals surface area contributed by atoms with Gasteiger partial charge in [0.25, 0.3) is 0 Å². The molecule has 22 heavy (non-hydrogen) atoms. The van der Waals surface area contributed by atoms with Crippen molar-refractivity contribution in [1.29, 1.82) is 0 Å². The quantitative estimate of drug-likeness (QED) is 0.902. The molecule has 0 aromatic heterocycles. The number of carbonyl (C=O) groups is 1. The lowest BCUT2D eigenvalue weighted by atomic mass is 9.95. The van der Waals surface area contributed by atoms with E-state index in [2.05, 4.69) is 17.1 Å². The Morgan fingerprint density at radius 2 is 2.05 bits per heavy atom. The van der Waals surface area contributed by atoms with Crippen LogP contribution in [0.4, 0.5) is 0 Å². The molecule has 3 rings (SSSR count). The number of piperidine rings is 1. The molecule has 1 saturated heterocycles. The summed E-state index contributed by atoms with van der Waals surface area (Å²) >= 11 is 5.94. The molecule has 1 atom stereocenters. The second kappa shape index (κ2) is 6.59. The Labute approximate surface area is 138 Å². The number of carbonyl (C=O) groups excluding carboxylic acids is 1. The first-order chi connectivity index (χ1) is 10.6. The number of benzene rings is 1. The molecule has 1 heterocycles. The number of likely N-dealkylation sites (tertiary alicyclic amines) is 1. The predicted molar refractivity (Wildman–Crippen MR) is 90.3 cm³/mol. The van der Waals surface area contributed by atoms with Crippen molar-refractivity contribution < 1.29 is 4.79 Å². The van der Waals surface area contributed by atoms with E-state index in [0.717, 1.165) is 36.5 Å². The Morgan fingerprint density at radius 3 is 2.68 bits per heavy atom. The fourth-order valence-corrected chi connectivity index (χ4v) is 3.64. The van der Waals surface area contributed by atoms with Gasteiger partial charge < -0.3 is 5.32 Å². The highest BCUT2D eigenvalue weighted by Gasteiger charge is 2.51. The topological polar surface area (TPSA) is 32.3 Å². The number of hydrogen-bond acceptors (Lipinski definition) is 2. The molecule has 4 heteroatoms. The van der Waals surface area contributed by atoms with Crippen LogP contribution in [0.25, 0.3) is 0 Å². The van der Waals surface area contributed by atoms with Gasteiger partial charge in [-0.15, -0.1) is 0 Å². The lowest BCUT2D eigenvalue weighted by molar-refractivity contribution is -0.123. The maximum absolute atomic E-state index is 12.6. The van der Waals surface area contributed by atoms with Gasteiger partial charge in [0.15, 0.2) is 0 Å². The van der Waals surface area contributed by atoms with Crippen LogP contribution in [0.5, 0.6) is 0 Å². The minimum Gasteiger partial charge on any atom is -0.354 e. The van der Waals surface area contributed by atoms with Crippen LogP contribution in [0.15, 0.2) is 24.3 Å². The summed E-state index contributed by atoms with van der Waals surface area (Å²) in [4.78, 5) is 15.1. The summed E-state index contributed by atoms with van der Waals surface area (Å²) in [6, 6.07) is 8.37. The third kappa shape index (κ3) is 3.31. The summed E-state index contributed by atoms with van der Waals surface area (Å²) in [5.41, 5.74) is 0.804. The predicted octanol–water partition coefficient (Wildman–Crippen LogP) is 3.36. The van der Waals surface area contributed by atoms with Gasteiger partial charge in [0.2, 0.25) is 5.91 Å². The summed E-state index contributed by atoms with van der Waals surface area (Å²) in [7, 11) is 0. The largest absolute Gasteiger partial charge is 0.354 e. The summed E-state index contributed by atoms with van der Waals surface area (Å²) in [6.07, 6.45) is 5.79. The van der Waals surface area contributed by atoms with Crippen molar-refractivity contribution >= 4 is 17.5 Å². The summed E-state index contributed by atoms with van der Waals surface area (Å²) in [5, 5.41) is 3.87. The Hall–Kier alpha value is -1.06. The standard InChI is InChI=1S/C18H25ClN2O/c1-14-4-2-3-12-21(14)13-11-20-17(22)18(9-10-18)15-5-7-16(19)8-6-15/h5-8,14H,2-4,9-13H2,1H3,(H,20,22)/t14-/m1/s1. The molecule has 2 fully saturated rings. The van der Waals surface area contributed by atoms with Crippen molar-refractivity contribution in [2.75, 3.05) is 19.6 Å². The highest BCUT2D eigenvalue weighted by molar-refractivity contribution is 6.30. The SMILES string of the molecule is C[C@@H]1CCCCN1CCNC(=O)C1(c2ccc(Cl)cc2)CC1. The molecule has 1 aromatic carbocycles. The molecule has 1 N–H and O–H groups in total. The van der Waals surface area contributed by atoms with Gasteiger partial charge in [-0.05, 0) is 56.8 Å². The first-order valence-corrected chi connectivity index (χ1v) is 8.78. The molecule has 0 unspecified atom stereocenters. The van der Waals surface area contributed by atoms with E-state index < -0.39 is 0 Å². The Morgan fingerprint density at radius 1 is 1.32 bits per heavy atom. The van der Waals surface area contributed by atoms with Crippen LogP contribution in [0, 0.1) is 0 Å². The van der Waals surface area contributed by atoms with Gasteiger partial charge in [0.05, 0.1) is 5.41 Å². The van der Waals surface area contributed by atoms with Gasteiger partial charge in [0.1, 0.15) is 0 Å². The van der Waals surface area contributed by atoms with Crippen molar-refractivity contribution in [3.05, 3.63) is 34.9 Å². The number of nitrogens with one attached hydrogen (secondary N) is 1. The molecule has 1 aliphatic heterocycles. The normalized spacial score (nSPS) is 24.0. The van der Waals surface area contributed by atoms with Gasteiger partial charge in [-0.2, -0.15) is 0 Å². The van der Waals surface area contributed by atoms with Crippen molar-refractivity contribution in [2.45, 2.75) is 50.5 Å². The molecule has 120 valence electrons. The maximum atomic E-state index is 12.6. The molecule has 1 aromatic rings. The van der Waals surface area contributed by atoms with Gasteiger partial charge in [-0.1, -0.05) is 30.2 Å². The molecule has 1 saturated carbocycles. The zero-order chi connectivity index (χ0) is 15.6. The molecule has 0 radical (unpaired) electrons. The second-order valence-electron chi connectivity index (χ2n) is 6.73. The van der Waals surface area contributed by atoms with Crippen LogP contribution in [-0.2, 0) is 10.2 Å². The van der Waals surface area contributed by atoms with Crippen LogP contribution >= 0.6 is 11.6 Å². The molecular weight excluding hydrogens is 296 g/mol.